The summed E-state index contributed by atoms with van der Waals surface area (Å²) in [4.78, 5) is 10.6. The average Bonchev–Trinajstić information content (AvgIpc) is 3.22. The van der Waals surface area contributed by atoms with Crippen LogP contribution in [0.25, 0.3) is 0 Å². The highest BCUT2D eigenvalue weighted by Gasteiger charge is 2.33. The minimum Gasteiger partial charge on any atom is -0.348 e. The number of aromatic amines is 1. The van der Waals surface area contributed by atoms with Gasteiger partial charge in [-0.3, -0.25) is 9.58 Å². The molecule has 0 aromatic carbocycles. The van der Waals surface area contributed by atoms with Gasteiger partial charge in [-0.15, -0.1) is 0 Å². The molecule has 1 aliphatic heterocycles. The molecule has 0 radical (unpaired) electrons. The molecule has 2 aromatic rings. The Labute approximate surface area is 156 Å². The molecule has 0 saturated heterocycles. The van der Waals surface area contributed by atoms with Gasteiger partial charge in [0.05, 0.1) is 24.3 Å². The second kappa shape index (κ2) is 6.69. The normalized spacial score (nSPS) is 23.3. The molecule has 0 bridgehead atoms. The third-order valence-corrected chi connectivity index (χ3v) is 6.40. The first-order valence-corrected chi connectivity index (χ1v) is 9.89. The summed E-state index contributed by atoms with van der Waals surface area (Å²) in [5, 5.41) is 4.41. The molecule has 2 aromatic heterocycles. The Kier molecular flexibility index (Phi) is 4.51. The second-order valence-electron chi connectivity index (χ2n) is 8.65. The maximum absolute atomic E-state index is 4.67. The largest absolute Gasteiger partial charge is 0.348 e. The first-order chi connectivity index (χ1) is 12.5. The fraction of sp³-hybridized carbons (Fsp3) is 0.619. The molecule has 5 nitrogen and oxygen atoms in total. The molecule has 1 atom stereocenters. The lowest BCUT2D eigenvalue weighted by Crippen LogP contribution is -2.37. The number of imidazole rings is 1. The molecule has 3 heterocycles. The van der Waals surface area contributed by atoms with Crippen LogP contribution in [0.15, 0.2) is 29.9 Å². The molecular formula is C21H31N5. The van der Waals surface area contributed by atoms with Crippen LogP contribution in [0.2, 0.25) is 0 Å². The third kappa shape index (κ3) is 3.13. The van der Waals surface area contributed by atoms with E-state index in [1.54, 1.807) is 11.1 Å². The fourth-order valence-electron chi connectivity index (χ4n) is 5.00. The van der Waals surface area contributed by atoms with Gasteiger partial charge < -0.3 is 4.98 Å². The quantitative estimate of drug-likeness (QED) is 0.845. The molecule has 0 spiro atoms. The summed E-state index contributed by atoms with van der Waals surface area (Å²) in [5.41, 5.74) is 7.35. The molecule has 2 aliphatic rings. The number of H-pyrrole nitrogens is 1. The number of rotatable bonds is 4. The Morgan fingerprint density at radius 3 is 2.88 bits per heavy atom. The highest BCUT2D eigenvalue weighted by Crippen LogP contribution is 2.42. The highest BCUT2D eigenvalue weighted by atomic mass is 15.3. The Bertz CT molecular complexity index is 810. The highest BCUT2D eigenvalue weighted by molar-refractivity contribution is 5.30. The summed E-state index contributed by atoms with van der Waals surface area (Å²) >= 11 is 0. The summed E-state index contributed by atoms with van der Waals surface area (Å²) in [6, 6.07) is 0.214. The molecule has 0 unspecified atom stereocenters. The van der Waals surface area contributed by atoms with Crippen LogP contribution < -0.4 is 0 Å². The molecule has 0 amide bonds. The van der Waals surface area contributed by atoms with E-state index in [0.717, 1.165) is 25.9 Å². The van der Waals surface area contributed by atoms with E-state index in [1.165, 1.54) is 36.2 Å². The number of hydrogen-bond acceptors (Lipinski definition) is 3. The van der Waals surface area contributed by atoms with Crippen molar-refractivity contribution in [1.29, 1.82) is 0 Å². The number of aromatic nitrogens is 4. The standard InChI is InChI=1S/C21H31N5/c1-15-6-5-9-21(2,3)17(15)7-10-26-11-8-18-19(23-14-22-18)20(26)16-12-24-25(4)13-16/h12-14,20H,5-11H2,1-4H3,(H,22,23)/t20-/m1/s1. The molecule has 140 valence electrons. The zero-order chi connectivity index (χ0) is 18.3. The number of hydrogen-bond donors (Lipinski definition) is 1. The van der Waals surface area contributed by atoms with E-state index >= 15 is 0 Å². The Morgan fingerprint density at radius 2 is 2.15 bits per heavy atom. The van der Waals surface area contributed by atoms with Crippen LogP contribution in [0.4, 0.5) is 0 Å². The monoisotopic (exact) mass is 353 g/mol. The van der Waals surface area contributed by atoms with Gasteiger partial charge in [0.25, 0.3) is 0 Å². The van der Waals surface area contributed by atoms with Crippen LogP contribution in [-0.2, 0) is 13.5 Å². The number of allylic oxidation sites excluding steroid dienone is 1. The summed E-state index contributed by atoms with van der Waals surface area (Å²) in [6.45, 7) is 9.34. The lowest BCUT2D eigenvalue weighted by Gasteiger charge is -2.38. The number of fused-ring (bicyclic) bond motifs is 1. The molecule has 0 saturated carbocycles. The predicted octanol–water partition coefficient (Wildman–Crippen LogP) is 4.01. The molecule has 1 N–H and O–H groups in total. The van der Waals surface area contributed by atoms with Crippen molar-refractivity contribution in [2.45, 2.75) is 58.9 Å². The van der Waals surface area contributed by atoms with Crippen LogP contribution in [-0.4, -0.2) is 37.7 Å². The lowest BCUT2D eigenvalue weighted by atomic mass is 9.71. The van der Waals surface area contributed by atoms with Gasteiger partial charge >= 0.3 is 0 Å². The van der Waals surface area contributed by atoms with Crippen LogP contribution in [0.3, 0.4) is 0 Å². The van der Waals surface area contributed by atoms with Crippen molar-refractivity contribution in [2.24, 2.45) is 12.5 Å². The topological polar surface area (TPSA) is 49.7 Å². The molecule has 26 heavy (non-hydrogen) atoms. The van der Waals surface area contributed by atoms with Crippen LogP contribution >= 0.6 is 0 Å². The first-order valence-electron chi connectivity index (χ1n) is 9.89. The van der Waals surface area contributed by atoms with Gasteiger partial charge in [-0.2, -0.15) is 5.10 Å². The van der Waals surface area contributed by atoms with Crippen molar-refractivity contribution in [3.05, 3.63) is 46.8 Å². The van der Waals surface area contributed by atoms with Crippen molar-refractivity contribution >= 4 is 0 Å². The Morgan fingerprint density at radius 1 is 1.31 bits per heavy atom. The zero-order valence-electron chi connectivity index (χ0n) is 16.5. The van der Waals surface area contributed by atoms with E-state index in [9.17, 15) is 0 Å². The van der Waals surface area contributed by atoms with E-state index in [-0.39, 0.29) is 6.04 Å². The van der Waals surface area contributed by atoms with E-state index in [2.05, 4.69) is 46.9 Å². The predicted molar refractivity (Wildman–Crippen MR) is 104 cm³/mol. The van der Waals surface area contributed by atoms with Crippen molar-refractivity contribution in [1.82, 2.24) is 24.6 Å². The van der Waals surface area contributed by atoms with Gasteiger partial charge in [-0.1, -0.05) is 25.0 Å². The SMILES string of the molecule is CC1=C(CCN2CCc3[nH]cnc3[C@H]2c2cnn(C)c2)C(C)(C)CCC1. The summed E-state index contributed by atoms with van der Waals surface area (Å²) < 4.78 is 1.89. The first kappa shape index (κ1) is 17.5. The molecule has 5 heteroatoms. The summed E-state index contributed by atoms with van der Waals surface area (Å²) in [5.74, 6) is 0. The molecule has 0 fully saturated rings. The molecular weight excluding hydrogens is 322 g/mol. The van der Waals surface area contributed by atoms with Crippen molar-refractivity contribution in [2.75, 3.05) is 13.1 Å². The van der Waals surface area contributed by atoms with Crippen molar-refractivity contribution in [3.8, 4) is 0 Å². The van der Waals surface area contributed by atoms with E-state index < -0.39 is 0 Å². The zero-order valence-corrected chi connectivity index (χ0v) is 16.5. The smallest absolute Gasteiger partial charge is 0.0926 e. The van der Waals surface area contributed by atoms with Gasteiger partial charge in [0, 0.05) is 44.0 Å². The molecule has 4 rings (SSSR count). The van der Waals surface area contributed by atoms with Crippen molar-refractivity contribution in [3.63, 3.8) is 0 Å². The number of nitrogens with one attached hydrogen (secondary N) is 1. The van der Waals surface area contributed by atoms with Gasteiger partial charge in [0.15, 0.2) is 0 Å². The van der Waals surface area contributed by atoms with E-state index in [4.69, 9.17) is 0 Å². The maximum atomic E-state index is 4.67. The van der Waals surface area contributed by atoms with E-state index in [1.807, 2.05) is 24.3 Å². The number of aryl methyl sites for hydroxylation is 1. The van der Waals surface area contributed by atoms with Gasteiger partial charge in [0.2, 0.25) is 0 Å². The lowest BCUT2D eigenvalue weighted by molar-refractivity contribution is 0.204. The van der Waals surface area contributed by atoms with E-state index in [0.29, 0.717) is 5.41 Å². The fourth-order valence-corrected chi connectivity index (χ4v) is 5.00. The summed E-state index contributed by atoms with van der Waals surface area (Å²) in [7, 11) is 1.99. The average molecular weight is 354 g/mol. The van der Waals surface area contributed by atoms with Gasteiger partial charge in [-0.25, -0.2) is 4.98 Å². The Hall–Kier alpha value is -1.88. The Balaban J connectivity index is 1.59. The van der Waals surface area contributed by atoms with Crippen LogP contribution in [0.1, 0.15) is 69.4 Å². The molecule has 1 aliphatic carbocycles. The summed E-state index contributed by atoms with van der Waals surface area (Å²) in [6.07, 6.45) is 12.1. The minimum absolute atomic E-state index is 0.214. The van der Waals surface area contributed by atoms with Gasteiger partial charge in [-0.05, 0) is 38.0 Å². The van der Waals surface area contributed by atoms with Crippen LogP contribution in [0.5, 0.6) is 0 Å². The second-order valence-corrected chi connectivity index (χ2v) is 8.65. The third-order valence-electron chi connectivity index (χ3n) is 6.40. The maximum Gasteiger partial charge on any atom is 0.0926 e. The number of nitrogens with zero attached hydrogens (tertiary/aromatic N) is 4. The minimum atomic E-state index is 0.214. The van der Waals surface area contributed by atoms with Crippen LogP contribution in [0, 0.1) is 5.41 Å². The van der Waals surface area contributed by atoms with Crippen molar-refractivity contribution < 1.29 is 0 Å². The van der Waals surface area contributed by atoms with Gasteiger partial charge in [0.1, 0.15) is 0 Å².